The van der Waals surface area contributed by atoms with Crippen molar-refractivity contribution in [3.8, 4) is 0 Å². The molecule has 4 aliphatic carbocycles. The molecule has 0 unspecified atom stereocenters. The third kappa shape index (κ3) is 12.3. The summed E-state index contributed by atoms with van der Waals surface area (Å²) in [6.45, 7) is 13.8. The van der Waals surface area contributed by atoms with E-state index in [0.717, 1.165) is 24.8 Å². The number of aliphatic hydroxyl groups is 17. The smallest absolute Gasteiger partial charge is 0.187 e. The molecule has 86 heavy (non-hydrogen) atoms. The number of hydrogen-bond acceptors (Lipinski definition) is 27. The molecule has 0 amide bonds. The number of rotatable bonds is 18. The van der Waals surface area contributed by atoms with Gasteiger partial charge in [-0.25, -0.2) is 0 Å². The Kier molecular flexibility index (Phi) is 21.3. The molecule has 9 fully saturated rings. The second-order valence-electron chi connectivity index (χ2n) is 28.1. The fourth-order valence-corrected chi connectivity index (χ4v) is 17.5. The fraction of sp³-hybridized carbons (Fsp3) is 0.966. The van der Waals surface area contributed by atoms with Crippen LogP contribution in [0.2, 0.25) is 0 Å². The molecule has 27 nitrogen and oxygen atoms in total. The van der Waals surface area contributed by atoms with Crippen molar-refractivity contribution >= 4 is 0 Å². The minimum atomic E-state index is -1.84. The highest BCUT2D eigenvalue weighted by atomic mass is 16.8. The van der Waals surface area contributed by atoms with Crippen molar-refractivity contribution in [2.45, 2.75) is 278 Å². The average Bonchev–Trinajstić information content (AvgIpc) is 1.29. The second-order valence-corrected chi connectivity index (χ2v) is 28.1. The summed E-state index contributed by atoms with van der Waals surface area (Å²) < 4.78 is 60.5. The first kappa shape index (κ1) is 69.0. The Balaban J connectivity index is 0.913. The van der Waals surface area contributed by atoms with E-state index in [-0.39, 0.29) is 34.5 Å². The summed E-state index contributed by atoms with van der Waals surface area (Å²) in [5, 5.41) is 185. The Bertz CT molecular complexity index is 2260. The van der Waals surface area contributed by atoms with Gasteiger partial charge in [-0.3, -0.25) is 0 Å². The molecule has 9 rings (SSSR count). The van der Waals surface area contributed by atoms with Gasteiger partial charge in [0.1, 0.15) is 116 Å². The quantitative estimate of drug-likeness (QED) is 0.0463. The third-order valence-corrected chi connectivity index (χ3v) is 22.6. The van der Waals surface area contributed by atoms with Crippen LogP contribution in [0.5, 0.6) is 0 Å². The van der Waals surface area contributed by atoms with E-state index in [1.165, 1.54) is 0 Å². The lowest BCUT2D eigenvalue weighted by Gasteiger charge is -2.71. The highest BCUT2D eigenvalue weighted by Gasteiger charge is 2.72. The first-order valence-corrected chi connectivity index (χ1v) is 30.8. The van der Waals surface area contributed by atoms with Crippen LogP contribution in [0.4, 0.5) is 0 Å². The lowest BCUT2D eigenvalue weighted by molar-refractivity contribution is -0.378. The number of fused-ring (bicyclic) bond motifs is 5. The van der Waals surface area contributed by atoms with Gasteiger partial charge in [-0.1, -0.05) is 46.3 Å². The highest BCUT2D eigenvalue weighted by molar-refractivity contribution is 5.21. The maximum absolute atomic E-state index is 12.9. The topological polar surface area (TPSA) is 436 Å². The molecule has 498 valence electrons. The lowest BCUT2D eigenvalue weighted by Crippen LogP contribution is -2.68. The largest absolute Gasteiger partial charge is 0.394 e. The molecule has 17 N–H and O–H groups in total. The number of allylic oxidation sites excluding steroid dienone is 2. The van der Waals surface area contributed by atoms with Gasteiger partial charge in [0.2, 0.25) is 0 Å². The molecule has 4 saturated carbocycles. The summed E-state index contributed by atoms with van der Waals surface area (Å²) in [5.41, 5.74) is -1.82. The Labute approximate surface area is 501 Å². The number of ether oxygens (including phenoxy) is 10. The molecule has 0 aromatic carbocycles. The van der Waals surface area contributed by atoms with Crippen LogP contribution in [0.15, 0.2) is 11.6 Å². The van der Waals surface area contributed by atoms with Gasteiger partial charge in [-0.15, -0.1) is 0 Å². The zero-order chi connectivity index (χ0) is 63.1. The molecular formula is C59H100O27. The molecule has 0 bridgehead atoms. The van der Waals surface area contributed by atoms with E-state index in [9.17, 15) is 86.8 Å². The van der Waals surface area contributed by atoms with Crippen molar-refractivity contribution in [3.63, 3.8) is 0 Å². The van der Waals surface area contributed by atoms with Gasteiger partial charge < -0.3 is 134 Å². The highest BCUT2D eigenvalue weighted by Crippen LogP contribution is 2.76. The first-order valence-electron chi connectivity index (χ1n) is 30.8. The molecular weight excluding hydrogens is 1140 g/mol. The second kappa shape index (κ2) is 26.6. The minimum Gasteiger partial charge on any atom is -0.394 e. The molecule has 0 aromatic heterocycles. The Morgan fingerprint density at radius 3 is 1.70 bits per heavy atom. The summed E-state index contributed by atoms with van der Waals surface area (Å²) in [7, 11) is 0. The summed E-state index contributed by atoms with van der Waals surface area (Å²) in [6, 6.07) is 0. The fourth-order valence-electron chi connectivity index (χ4n) is 17.5. The molecule has 27 heteroatoms. The number of hydrogen-bond donors (Lipinski definition) is 17. The van der Waals surface area contributed by atoms with Crippen molar-refractivity contribution in [2.24, 2.45) is 45.3 Å². The molecule has 5 saturated heterocycles. The lowest BCUT2D eigenvalue weighted by atomic mass is 9.35. The predicted octanol–water partition coefficient (Wildman–Crippen LogP) is -3.74. The predicted molar refractivity (Wildman–Crippen MR) is 293 cm³/mol. The molecule has 5 aliphatic heterocycles. The zero-order valence-corrected chi connectivity index (χ0v) is 50.5. The van der Waals surface area contributed by atoms with Crippen LogP contribution in [-0.2, 0) is 47.4 Å². The van der Waals surface area contributed by atoms with E-state index in [1.807, 2.05) is 20.8 Å². The van der Waals surface area contributed by atoms with E-state index in [1.54, 1.807) is 0 Å². The maximum atomic E-state index is 12.9. The van der Waals surface area contributed by atoms with Crippen LogP contribution in [0, 0.1) is 45.3 Å². The monoisotopic (exact) mass is 1240 g/mol. The third-order valence-electron chi connectivity index (χ3n) is 22.6. The van der Waals surface area contributed by atoms with E-state index >= 15 is 0 Å². The van der Waals surface area contributed by atoms with Crippen molar-refractivity contribution in [3.05, 3.63) is 11.6 Å². The van der Waals surface area contributed by atoms with Gasteiger partial charge in [0, 0.05) is 0 Å². The summed E-state index contributed by atoms with van der Waals surface area (Å²) in [5.74, 6) is -0.628. The van der Waals surface area contributed by atoms with Crippen LogP contribution >= 0.6 is 0 Å². The Morgan fingerprint density at radius 2 is 1.06 bits per heavy atom. The van der Waals surface area contributed by atoms with E-state index in [0.29, 0.717) is 38.5 Å². The standard InChI is InChI=1S/C59H100O27/c1-24(2)10-9-14-59(8,86-53-46(75)42(71)39(68)31(82-53)23-78-51-47(76)48(40(69)30(21-62)79-51)84-50-44(73)36(65)27(64)22-77-50)25-11-16-58(7)35(25)26(63)18-33-56(5)15-13-34(55(3,4)32(56)12-17-57(33,58)6)83-54-49(43(72)38(67)29(20-61)81-54)85-52-45(74)41(70)37(66)28(19-60)80-52/h10,25-54,60-76H,9,11-23H2,1-8H3/t25-,26+,27+,28+,29-,30+,31+,32-,33-,34-,35-,36+,37-,38-,39+,40+,41-,42-,43-,44+,45-,46+,47+,48-,49+,50+,51+,52-,53+,54-,56-,57+,58+,59+/m1/s1. The van der Waals surface area contributed by atoms with Gasteiger partial charge in [-0.2, -0.15) is 0 Å². The summed E-state index contributed by atoms with van der Waals surface area (Å²) >= 11 is 0. The zero-order valence-electron chi connectivity index (χ0n) is 50.5. The average molecular weight is 1240 g/mol. The van der Waals surface area contributed by atoms with Gasteiger partial charge in [0.25, 0.3) is 0 Å². The molecule has 0 radical (unpaired) electrons. The van der Waals surface area contributed by atoms with E-state index in [4.69, 9.17) is 47.4 Å². The molecule has 5 heterocycles. The SMILES string of the molecule is CC(C)=CCC[C@](C)(O[C@@H]1O[C@@H](CO[C@H]2O[C@@H](CO)[C@H](O)[C@@H](O[C@@H]3OC[C@H](O)[C@H](O)[C@@H]3O)[C@@H]2O)[C@H](O)[C@@H](O)[C@@H]1O)[C@@H]1CC[C@@]2(C)[C@H]1[C@@H](O)C[C@@H]1[C@]3(C)CC[C@@H](O[C@H]4O[C@H](CO)[C@@H](O)[C@@H](O)[C@@H]4O[C@H]4O[C@@H](CO)[C@@H](O)[C@@H](O)[C@H]4O)C(C)(C)[C@H]3CC[C@@]12C. The van der Waals surface area contributed by atoms with Crippen molar-refractivity contribution in [1.82, 2.24) is 0 Å². The van der Waals surface area contributed by atoms with E-state index < -0.39 is 209 Å². The Morgan fingerprint density at radius 1 is 0.512 bits per heavy atom. The minimum absolute atomic E-state index is 0.00480. The van der Waals surface area contributed by atoms with Crippen molar-refractivity contribution < 1.29 is 134 Å². The van der Waals surface area contributed by atoms with Crippen LogP contribution in [0.1, 0.15) is 113 Å². The molecule has 9 aliphatic rings. The molecule has 0 spiro atoms. The summed E-state index contributed by atoms with van der Waals surface area (Å²) in [6.07, 6.45) is -33.0. The first-order chi connectivity index (χ1) is 40.3. The van der Waals surface area contributed by atoms with Crippen LogP contribution in [0.3, 0.4) is 0 Å². The van der Waals surface area contributed by atoms with Crippen LogP contribution in [-0.4, -0.2) is 285 Å². The maximum Gasteiger partial charge on any atom is 0.187 e. The van der Waals surface area contributed by atoms with Crippen LogP contribution in [0.25, 0.3) is 0 Å². The van der Waals surface area contributed by atoms with Crippen molar-refractivity contribution in [1.29, 1.82) is 0 Å². The molecule has 34 atom stereocenters. The van der Waals surface area contributed by atoms with Crippen LogP contribution < -0.4 is 0 Å². The van der Waals surface area contributed by atoms with Crippen molar-refractivity contribution in [2.75, 3.05) is 33.0 Å². The number of aliphatic hydroxyl groups excluding tert-OH is 17. The summed E-state index contributed by atoms with van der Waals surface area (Å²) in [4.78, 5) is 0. The van der Waals surface area contributed by atoms with Gasteiger partial charge in [0.15, 0.2) is 31.5 Å². The van der Waals surface area contributed by atoms with E-state index in [2.05, 4.69) is 40.7 Å². The normalized spacial score (nSPS) is 52.9. The Hall–Kier alpha value is -1.34. The van der Waals surface area contributed by atoms with Gasteiger partial charge >= 0.3 is 0 Å². The van der Waals surface area contributed by atoms with Gasteiger partial charge in [-0.05, 0) is 124 Å². The van der Waals surface area contributed by atoms with Gasteiger partial charge in [0.05, 0.1) is 50.8 Å². The molecule has 0 aromatic rings.